The molecule has 3 aromatic heterocycles. The van der Waals surface area contributed by atoms with Gasteiger partial charge in [-0.15, -0.1) is 0 Å². The van der Waals surface area contributed by atoms with E-state index in [1.807, 2.05) is 164 Å². The summed E-state index contributed by atoms with van der Waals surface area (Å²) in [6.45, 7) is 31.5. The van der Waals surface area contributed by atoms with Gasteiger partial charge in [0.1, 0.15) is 12.1 Å². The number of nitrogens with zero attached hydrogens (tertiary/aromatic N) is 13. The van der Waals surface area contributed by atoms with Gasteiger partial charge in [0.05, 0.1) is 116 Å². The number of aromatic nitrogens is 5. The number of pyridine rings is 1. The number of benzene rings is 17. The van der Waals surface area contributed by atoms with Gasteiger partial charge >= 0.3 is 0 Å². The average Bonchev–Trinajstić information content (AvgIpc) is 1.54. The summed E-state index contributed by atoms with van der Waals surface area (Å²) in [5.41, 5.74) is 15.0. The van der Waals surface area contributed by atoms with Gasteiger partial charge < -0.3 is 0 Å². The van der Waals surface area contributed by atoms with Crippen LogP contribution in [0.3, 0.4) is 0 Å². The monoisotopic (exact) mass is 1460 g/mol. The van der Waals surface area contributed by atoms with Crippen LogP contribution >= 0.6 is 0 Å². The molecule has 0 radical (unpaired) electrons. The third-order valence-electron chi connectivity index (χ3n) is 24.4. The molecule has 0 atom stereocenters. The zero-order chi connectivity index (χ0) is 77.4. The highest BCUT2D eigenvalue weighted by molar-refractivity contribution is 6.46. The fourth-order valence-corrected chi connectivity index (χ4v) is 20.0. The topological polar surface area (TPSA) is 177 Å². The molecule has 0 bridgehead atoms. The minimum Gasteiger partial charge on any atom is -0.246 e. The molecule has 0 spiro atoms. The zero-order valence-corrected chi connectivity index (χ0v) is 60.5. The first-order valence-corrected chi connectivity index (χ1v) is 37.5. The van der Waals surface area contributed by atoms with Gasteiger partial charge in [0, 0.05) is 113 Å². The van der Waals surface area contributed by atoms with Gasteiger partial charge in [-0.1, -0.05) is 237 Å². The quantitative estimate of drug-likeness (QED) is 0.114. The van der Waals surface area contributed by atoms with Crippen molar-refractivity contribution in [3.05, 3.63) is 317 Å². The second-order valence-corrected chi connectivity index (χ2v) is 29.6. The Bertz CT molecular complexity index is 8840. The molecule has 0 N–H and O–H groups in total. The summed E-state index contributed by atoms with van der Waals surface area (Å²) in [4.78, 5) is 42.1. The van der Waals surface area contributed by atoms with Gasteiger partial charge in [0.15, 0.2) is 11.4 Å². The van der Waals surface area contributed by atoms with Gasteiger partial charge in [0.25, 0.3) is 0 Å². The largest absolute Gasteiger partial charge is 0.246 e. The molecule has 0 fully saturated rings. The van der Waals surface area contributed by atoms with Crippen molar-refractivity contribution in [2.45, 2.75) is 0 Å². The Morgan fingerprint density at radius 2 is 0.491 bits per heavy atom. The van der Waals surface area contributed by atoms with Crippen LogP contribution in [-0.4, -0.2) is 24.9 Å². The van der Waals surface area contributed by atoms with E-state index in [-0.39, 0.29) is 0 Å². The Morgan fingerprint density at radius 3 is 0.897 bits per heavy atom. The second-order valence-electron chi connectivity index (χ2n) is 29.6. The lowest BCUT2D eigenvalue weighted by Crippen LogP contribution is -1.85. The molecule has 0 aliphatic rings. The summed E-state index contributed by atoms with van der Waals surface area (Å²) < 4.78 is 0. The molecular formula is C103H41N13. The van der Waals surface area contributed by atoms with E-state index in [1.54, 1.807) is 24.3 Å². The first-order valence-electron chi connectivity index (χ1n) is 37.5. The minimum absolute atomic E-state index is 0.455. The predicted molar refractivity (Wildman–Crippen MR) is 470 cm³/mol. The minimum atomic E-state index is 0.455. The molecule has 0 unspecified atom stereocenters. The van der Waals surface area contributed by atoms with Crippen molar-refractivity contribution in [3.63, 3.8) is 0 Å². The summed E-state index contributed by atoms with van der Waals surface area (Å²) in [6, 6.07) is 91.5. The highest BCUT2D eigenvalue weighted by atomic mass is 14.8. The molecule has 518 valence electrons. The lowest BCUT2D eigenvalue weighted by Gasteiger charge is -2.09. The standard InChI is InChI=1S/C35H13N5.2C34H14N4/c1-38-25-14-12-22-30-24(13-15-26(39-2)33(25)30)35-32(22)28(18-6-4-3-5-7-18)31-21-10-8-19(16-36)27-20(17-37)9-11-23(29(21)27)34(31)40-35;1-36-30-21-11-5-4-10-19(21)29-27-22(30)13-7-15-24(27)32-34(29)37-31-23-14-6-12-20-25(16-35)17-8-2-3-9-18(17)28(26(20)23)33(31)38-32;1-36-30-21-11-5-4-10-19(21)29-27-22(30)13-7-15-24(27)32-34(29)38-33-28-18-9-3-2-8-17(18)25(16-35)20-12-6-14-23(26(20)28)31(33)37-32/h3-15H;2*2-15H. The lowest BCUT2D eigenvalue weighted by molar-refractivity contribution is 1.46. The third kappa shape index (κ3) is 7.88. The van der Waals surface area contributed by atoms with Crippen LogP contribution in [0.15, 0.2) is 249 Å². The normalized spacial score (nSPS) is 11.9. The van der Waals surface area contributed by atoms with Gasteiger partial charge in [0.2, 0.25) is 11.4 Å². The predicted octanol–water partition coefficient (Wildman–Crippen LogP) is 27.4. The van der Waals surface area contributed by atoms with Gasteiger partial charge in [-0.2, -0.15) is 21.0 Å². The van der Waals surface area contributed by atoms with E-state index in [2.05, 4.69) is 104 Å². The van der Waals surface area contributed by atoms with Gasteiger partial charge in [-0.3, -0.25) is 0 Å². The molecule has 0 amide bonds. The van der Waals surface area contributed by atoms with E-state index in [9.17, 15) is 21.0 Å². The Kier molecular flexibility index (Phi) is 12.6. The van der Waals surface area contributed by atoms with Crippen LogP contribution in [0.5, 0.6) is 0 Å². The SMILES string of the molecule is [C-]#[N+]c1c2ccccc2c2c3nc4c(nc3c3cccc1c32)c1cccc2c(C#N)c3ccccc3c4c21.[C-]#[N+]c1c2ccccc2c2c3nc4c5cccc6c(C#N)c7ccccc7c(c4nc3c3cccc1c32)c65.[C-]#[N+]c1ccc2c3nc4c5ccc(C#N)c6c(C#N)ccc(c4c(-c4ccccc4)c3c3ccc([N+]#[C-])c1c23)c65. The first kappa shape index (κ1) is 63.5. The summed E-state index contributed by atoms with van der Waals surface area (Å²) in [6.07, 6.45) is 0. The molecule has 23 aromatic carbocycles. The van der Waals surface area contributed by atoms with Gasteiger partial charge in [-0.25, -0.2) is 44.3 Å². The van der Waals surface area contributed by atoms with Crippen LogP contribution in [0.1, 0.15) is 22.3 Å². The summed E-state index contributed by atoms with van der Waals surface area (Å²) in [7, 11) is 0. The summed E-state index contributed by atoms with van der Waals surface area (Å²) >= 11 is 0. The first-order chi connectivity index (χ1) is 57.3. The Hall–Kier alpha value is -17.4. The van der Waals surface area contributed by atoms with Crippen LogP contribution in [0, 0.1) is 71.6 Å². The van der Waals surface area contributed by atoms with Crippen molar-refractivity contribution in [1.82, 2.24) is 24.9 Å². The highest BCUT2D eigenvalue weighted by Crippen LogP contribution is 2.56. The van der Waals surface area contributed by atoms with Crippen molar-refractivity contribution in [2.24, 2.45) is 0 Å². The fraction of sp³-hybridized carbons (Fsp3) is 0. The van der Waals surface area contributed by atoms with E-state index in [0.29, 0.717) is 55.8 Å². The lowest BCUT2D eigenvalue weighted by atomic mass is 9.94. The maximum Gasteiger partial charge on any atom is 0.202 e. The van der Waals surface area contributed by atoms with Crippen molar-refractivity contribution in [3.8, 4) is 35.4 Å². The van der Waals surface area contributed by atoms with Crippen LogP contribution in [-0.2, 0) is 0 Å². The molecular weight excluding hydrogens is 1420 g/mol. The molecule has 116 heavy (non-hydrogen) atoms. The number of hydrogen-bond acceptors (Lipinski definition) is 9. The molecule has 26 rings (SSSR count). The molecule has 0 saturated carbocycles. The molecule has 13 nitrogen and oxygen atoms in total. The van der Waals surface area contributed by atoms with Crippen LogP contribution in [0.2, 0.25) is 0 Å². The van der Waals surface area contributed by atoms with Crippen LogP contribution < -0.4 is 0 Å². The maximum atomic E-state index is 10.1. The summed E-state index contributed by atoms with van der Waals surface area (Å²) in [5.74, 6) is 0. The van der Waals surface area contributed by atoms with E-state index < -0.39 is 0 Å². The molecule has 3 heterocycles. The zero-order valence-electron chi connectivity index (χ0n) is 60.5. The van der Waals surface area contributed by atoms with E-state index in [4.69, 9.17) is 51.2 Å². The van der Waals surface area contributed by atoms with Crippen LogP contribution in [0.4, 0.5) is 22.7 Å². The third-order valence-corrected chi connectivity index (χ3v) is 24.4. The summed E-state index contributed by atoms with van der Waals surface area (Å²) in [5, 5.41) is 72.8. The molecule has 0 saturated heterocycles. The number of nitriles is 4. The molecule has 0 aliphatic carbocycles. The second kappa shape index (κ2) is 23.1. The Morgan fingerprint density at radius 1 is 0.198 bits per heavy atom. The Balaban J connectivity index is 0.0000001000. The maximum absolute atomic E-state index is 10.1. The fourth-order valence-electron chi connectivity index (χ4n) is 20.0. The highest BCUT2D eigenvalue weighted by Gasteiger charge is 2.31. The number of fused-ring (bicyclic) bond motifs is 26. The van der Waals surface area contributed by atoms with Crippen molar-refractivity contribution >= 4 is 261 Å². The van der Waals surface area contributed by atoms with Crippen molar-refractivity contribution in [1.29, 1.82) is 21.0 Å². The smallest absolute Gasteiger partial charge is 0.202 e. The molecule has 26 aromatic rings. The van der Waals surface area contributed by atoms with Gasteiger partial charge in [-0.05, 0) is 93.1 Å². The van der Waals surface area contributed by atoms with E-state index in [1.165, 1.54) is 0 Å². The number of hydrogen-bond donors (Lipinski definition) is 0. The van der Waals surface area contributed by atoms with Crippen molar-refractivity contribution in [2.75, 3.05) is 0 Å². The van der Waals surface area contributed by atoms with E-state index >= 15 is 0 Å². The van der Waals surface area contributed by atoms with Crippen molar-refractivity contribution < 1.29 is 0 Å². The van der Waals surface area contributed by atoms with Crippen LogP contribution in [0.25, 0.3) is 269 Å². The molecule has 13 heteroatoms. The average molecular weight is 1460 g/mol. The number of rotatable bonds is 1. The van der Waals surface area contributed by atoms with E-state index in [0.717, 1.165) is 239 Å². The molecule has 0 aliphatic heterocycles. The Labute approximate surface area is 654 Å².